The van der Waals surface area contributed by atoms with E-state index in [1.54, 1.807) is 18.2 Å². The zero-order chi connectivity index (χ0) is 13.4. The van der Waals surface area contributed by atoms with Gasteiger partial charge < -0.3 is 10.6 Å². The normalized spacial score (nSPS) is 11.4. The van der Waals surface area contributed by atoms with Crippen molar-refractivity contribution in [2.75, 3.05) is 11.9 Å². The second kappa shape index (κ2) is 7.33. The van der Waals surface area contributed by atoms with Gasteiger partial charge in [-0.3, -0.25) is 4.79 Å². The maximum absolute atomic E-state index is 11.6. The summed E-state index contributed by atoms with van der Waals surface area (Å²) < 4.78 is 0. The molecule has 1 rings (SSSR count). The summed E-state index contributed by atoms with van der Waals surface area (Å²) in [6.45, 7) is 4.27. The van der Waals surface area contributed by atoms with E-state index in [-0.39, 0.29) is 18.5 Å². The highest BCUT2D eigenvalue weighted by molar-refractivity contribution is 5.81. The van der Waals surface area contributed by atoms with Crippen molar-refractivity contribution < 1.29 is 4.79 Å². The minimum absolute atomic E-state index is 0.0521. The van der Waals surface area contributed by atoms with Gasteiger partial charge in [0.2, 0.25) is 5.91 Å². The summed E-state index contributed by atoms with van der Waals surface area (Å²) in [7, 11) is 0. The van der Waals surface area contributed by atoms with Crippen LogP contribution in [0.4, 0.5) is 5.69 Å². The number of para-hydroxylation sites is 1. The molecule has 0 fully saturated rings. The molecule has 1 amide bonds. The zero-order valence-corrected chi connectivity index (χ0v) is 10.9. The van der Waals surface area contributed by atoms with Crippen LogP contribution in [-0.4, -0.2) is 18.5 Å². The number of hydrogen-bond acceptors (Lipinski definition) is 3. The molecule has 0 bridgehead atoms. The van der Waals surface area contributed by atoms with E-state index < -0.39 is 0 Å². The van der Waals surface area contributed by atoms with Crippen LogP contribution in [0.5, 0.6) is 0 Å². The van der Waals surface area contributed by atoms with E-state index in [1.165, 1.54) is 0 Å². The Hall–Kier alpha value is -2.02. The number of rotatable bonds is 6. The Balaban J connectivity index is 2.45. The Morgan fingerprint density at radius 1 is 1.44 bits per heavy atom. The molecule has 4 nitrogen and oxygen atoms in total. The van der Waals surface area contributed by atoms with Gasteiger partial charge in [-0.05, 0) is 25.5 Å². The predicted molar refractivity (Wildman–Crippen MR) is 72.2 cm³/mol. The van der Waals surface area contributed by atoms with Crippen molar-refractivity contribution in [3.8, 4) is 6.07 Å². The number of carbonyl (C=O) groups excluding carboxylic acids is 1. The molecule has 0 radical (unpaired) electrons. The van der Waals surface area contributed by atoms with Gasteiger partial charge in [-0.1, -0.05) is 25.5 Å². The molecule has 0 aliphatic heterocycles. The maximum atomic E-state index is 11.6. The standard InChI is InChI=1S/C14H19N3O/c1-3-6-11(2)17-14(18)10-16-13-8-5-4-7-12(13)9-15/h4-5,7-8,11,16H,3,6,10H2,1-2H3,(H,17,18). The number of carbonyl (C=O) groups is 1. The van der Waals surface area contributed by atoms with E-state index in [0.29, 0.717) is 11.3 Å². The summed E-state index contributed by atoms with van der Waals surface area (Å²) in [4.78, 5) is 11.6. The average Bonchev–Trinajstić information content (AvgIpc) is 2.37. The Kier molecular flexibility index (Phi) is 5.72. The fraction of sp³-hybridized carbons (Fsp3) is 0.429. The van der Waals surface area contributed by atoms with Crippen molar-refractivity contribution in [1.82, 2.24) is 5.32 Å². The first-order valence-electron chi connectivity index (χ1n) is 6.19. The molecule has 1 aromatic carbocycles. The monoisotopic (exact) mass is 245 g/mol. The van der Waals surface area contributed by atoms with Crippen LogP contribution >= 0.6 is 0 Å². The van der Waals surface area contributed by atoms with E-state index >= 15 is 0 Å². The van der Waals surface area contributed by atoms with Gasteiger partial charge in [0.15, 0.2) is 0 Å². The lowest BCUT2D eigenvalue weighted by Gasteiger charge is -2.13. The molecule has 1 atom stereocenters. The highest BCUT2D eigenvalue weighted by Gasteiger charge is 2.07. The van der Waals surface area contributed by atoms with E-state index in [1.807, 2.05) is 13.0 Å². The molecule has 0 heterocycles. The highest BCUT2D eigenvalue weighted by Crippen LogP contribution is 2.12. The van der Waals surface area contributed by atoms with E-state index in [4.69, 9.17) is 5.26 Å². The van der Waals surface area contributed by atoms with Crippen LogP contribution < -0.4 is 10.6 Å². The highest BCUT2D eigenvalue weighted by atomic mass is 16.1. The van der Waals surface area contributed by atoms with E-state index in [9.17, 15) is 4.79 Å². The molecule has 4 heteroatoms. The van der Waals surface area contributed by atoms with Gasteiger partial charge in [-0.2, -0.15) is 5.26 Å². The molecule has 18 heavy (non-hydrogen) atoms. The number of benzene rings is 1. The van der Waals surface area contributed by atoms with E-state index in [0.717, 1.165) is 12.8 Å². The minimum atomic E-state index is -0.0521. The van der Waals surface area contributed by atoms with Crippen LogP contribution in [0.3, 0.4) is 0 Å². The lowest BCUT2D eigenvalue weighted by molar-refractivity contribution is -0.120. The summed E-state index contributed by atoms with van der Waals surface area (Å²) in [5.41, 5.74) is 1.24. The number of nitrogens with one attached hydrogen (secondary N) is 2. The summed E-state index contributed by atoms with van der Waals surface area (Å²) >= 11 is 0. The second-order valence-corrected chi connectivity index (χ2v) is 4.27. The predicted octanol–water partition coefficient (Wildman–Crippen LogP) is 2.27. The number of nitriles is 1. The molecule has 0 saturated heterocycles. The number of amides is 1. The fourth-order valence-electron chi connectivity index (χ4n) is 1.74. The first-order valence-corrected chi connectivity index (χ1v) is 6.19. The van der Waals surface area contributed by atoms with Crippen LogP contribution in [0.25, 0.3) is 0 Å². The molecule has 0 spiro atoms. The van der Waals surface area contributed by atoms with Gasteiger partial charge in [0.25, 0.3) is 0 Å². The van der Waals surface area contributed by atoms with Crippen molar-refractivity contribution in [1.29, 1.82) is 5.26 Å². The van der Waals surface area contributed by atoms with Crippen LogP contribution in [0, 0.1) is 11.3 Å². The lowest BCUT2D eigenvalue weighted by atomic mass is 10.2. The molecule has 0 aliphatic carbocycles. The molecule has 96 valence electrons. The fourth-order valence-corrected chi connectivity index (χ4v) is 1.74. The van der Waals surface area contributed by atoms with Crippen LogP contribution in [-0.2, 0) is 4.79 Å². The van der Waals surface area contributed by atoms with Gasteiger partial charge in [0, 0.05) is 6.04 Å². The average molecular weight is 245 g/mol. The smallest absolute Gasteiger partial charge is 0.239 e. The number of hydrogen-bond donors (Lipinski definition) is 2. The van der Waals surface area contributed by atoms with Crippen LogP contribution in [0.2, 0.25) is 0 Å². The second-order valence-electron chi connectivity index (χ2n) is 4.27. The molecular weight excluding hydrogens is 226 g/mol. The molecule has 1 unspecified atom stereocenters. The van der Waals surface area contributed by atoms with Crippen molar-refractivity contribution >= 4 is 11.6 Å². The third kappa shape index (κ3) is 4.46. The first-order chi connectivity index (χ1) is 8.67. The van der Waals surface area contributed by atoms with Crippen molar-refractivity contribution in [2.24, 2.45) is 0 Å². The molecule has 0 saturated carbocycles. The summed E-state index contributed by atoms with van der Waals surface area (Å²) in [5, 5.41) is 14.8. The number of anilines is 1. The molecule has 1 aromatic rings. The minimum Gasteiger partial charge on any atom is -0.375 e. The lowest BCUT2D eigenvalue weighted by Crippen LogP contribution is -2.36. The Morgan fingerprint density at radius 2 is 2.17 bits per heavy atom. The van der Waals surface area contributed by atoms with Gasteiger partial charge in [0.1, 0.15) is 6.07 Å². The van der Waals surface area contributed by atoms with Crippen LogP contribution in [0.1, 0.15) is 32.3 Å². The molecular formula is C14H19N3O. The van der Waals surface area contributed by atoms with E-state index in [2.05, 4.69) is 23.6 Å². The van der Waals surface area contributed by atoms with Crippen molar-refractivity contribution in [2.45, 2.75) is 32.7 Å². The molecule has 0 aliphatic rings. The van der Waals surface area contributed by atoms with Gasteiger partial charge in [0.05, 0.1) is 17.8 Å². The Morgan fingerprint density at radius 3 is 2.83 bits per heavy atom. The quantitative estimate of drug-likeness (QED) is 0.808. The summed E-state index contributed by atoms with van der Waals surface area (Å²) in [6.07, 6.45) is 2.02. The maximum Gasteiger partial charge on any atom is 0.239 e. The SMILES string of the molecule is CCCC(C)NC(=O)CNc1ccccc1C#N. The topological polar surface area (TPSA) is 64.9 Å². The summed E-state index contributed by atoms with van der Waals surface area (Å²) in [6, 6.07) is 9.42. The first kappa shape index (κ1) is 14.0. The number of nitrogens with zero attached hydrogens (tertiary/aromatic N) is 1. The van der Waals surface area contributed by atoms with Gasteiger partial charge in [-0.25, -0.2) is 0 Å². The molecule has 2 N–H and O–H groups in total. The Labute approximate surface area is 108 Å². The van der Waals surface area contributed by atoms with Crippen molar-refractivity contribution in [3.63, 3.8) is 0 Å². The Bertz CT molecular complexity index is 437. The summed E-state index contributed by atoms with van der Waals surface area (Å²) in [5.74, 6) is -0.0521. The van der Waals surface area contributed by atoms with Gasteiger partial charge in [-0.15, -0.1) is 0 Å². The largest absolute Gasteiger partial charge is 0.375 e. The van der Waals surface area contributed by atoms with Gasteiger partial charge >= 0.3 is 0 Å². The third-order valence-electron chi connectivity index (χ3n) is 2.62. The zero-order valence-electron chi connectivity index (χ0n) is 10.9. The molecule has 0 aromatic heterocycles. The van der Waals surface area contributed by atoms with Crippen molar-refractivity contribution in [3.05, 3.63) is 29.8 Å². The van der Waals surface area contributed by atoms with Crippen LogP contribution in [0.15, 0.2) is 24.3 Å². The third-order valence-corrected chi connectivity index (χ3v) is 2.62.